The fourth-order valence-electron chi connectivity index (χ4n) is 5.67. The molecule has 2 aliphatic heterocycles. The van der Waals surface area contributed by atoms with Crippen molar-refractivity contribution in [3.63, 3.8) is 0 Å². The number of carbonyl (C=O) groups excluding carboxylic acids is 3. The van der Waals surface area contributed by atoms with Gasteiger partial charge in [0, 0.05) is 31.8 Å². The second kappa shape index (κ2) is 14.1. The number of piperidine rings is 2. The van der Waals surface area contributed by atoms with E-state index in [-0.39, 0.29) is 54.2 Å². The number of carboxylic acid groups (broad SMARTS) is 1. The van der Waals surface area contributed by atoms with Crippen LogP contribution in [0.3, 0.4) is 0 Å². The van der Waals surface area contributed by atoms with E-state index in [1.54, 1.807) is 23.8 Å². The fourth-order valence-corrected chi connectivity index (χ4v) is 5.67. The molecule has 38 heavy (non-hydrogen) atoms. The minimum Gasteiger partial charge on any atom is -0.481 e. The summed E-state index contributed by atoms with van der Waals surface area (Å²) in [5, 5.41) is 12.4. The lowest BCUT2D eigenvalue weighted by Gasteiger charge is -2.39. The van der Waals surface area contributed by atoms with Crippen LogP contribution in [0.1, 0.15) is 80.6 Å². The molecule has 0 radical (unpaired) electrons. The lowest BCUT2D eigenvalue weighted by molar-refractivity contribution is -0.145. The van der Waals surface area contributed by atoms with Crippen LogP contribution in [0, 0.1) is 17.8 Å². The number of nitrogens with zero attached hydrogens (tertiary/aromatic N) is 3. The van der Waals surface area contributed by atoms with Gasteiger partial charge in [-0.05, 0) is 64.8 Å². The molecule has 0 aromatic carbocycles. The predicted octanol–water partition coefficient (Wildman–Crippen LogP) is 3.14. The molecule has 0 aromatic heterocycles. The number of carbonyl (C=O) groups is 4. The first-order valence-electron chi connectivity index (χ1n) is 14.3. The van der Waals surface area contributed by atoms with Gasteiger partial charge in [-0.15, -0.1) is 0 Å². The average Bonchev–Trinajstić information content (AvgIpc) is 2.88. The van der Waals surface area contributed by atoms with E-state index in [0.717, 1.165) is 25.8 Å². The van der Waals surface area contributed by atoms with E-state index in [0.29, 0.717) is 25.0 Å². The number of hydrogen-bond donors (Lipinski definition) is 2. The van der Waals surface area contributed by atoms with E-state index in [4.69, 9.17) is 0 Å². The first kappa shape index (κ1) is 31.8. The molecule has 216 valence electrons. The summed E-state index contributed by atoms with van der Waals surface area (Å²) in [6, 6.07) is -1.01. The van der Waals surface area contributed by atoms with Crippen molar-refractivity contribution in [3.8, 4) is 0 Å². The molecule has 4 atom stereocenters. The van der Waals surface area contributed by atoms with E-state index >= 15 is 0 Å². The maximum atomic E-state index is 13.7. The van der Waals surface area contributed by atoms with Gasteiger partial charge < -0.3 is 20.2 Å². The number of likely N-dealkylation sites (tertiary alicyclic amines) is 2. The Morgan fingerprint density at radius 2 is 1.61 bits per heavy atom. The summed E-state index contributed by atoms with van der Waals surface area (Å²) >= 11 is 0. The van der Waals surface area contributed by atoms with E-state index in [2.05, 4.69) is 24.1 Å². The number of amides is 3. The average molecular weight is 535 g/mol. The minimum atomic E-state index is -0.874. The maximum Gasteiger partial charge on any atom is 0.308 e. The zero-order valence-corrected chi connectivity index (χ0v) is 24.7. The molecule has 1 unspecified atom stereocenters. The number of rotatable bonds is 10. The Labute approximate surface area is 229 Å². The van der Waals surface area contributed by atoms with Gasteiger partial charge in [0.1, 0.15) is 6.04 Å². The predicted molar refractivity (Wildman–Crippen MR) is 148 cm³/mol. The fraction of sp³-hybridized carbons (Fsp3) is 0.793. The van der Waals surface area contributed by atoms with Gasteiger partial charge in [-0.1, -0.05) is 40.2 Å². The zero-order valence-electron chi connectivity index (χ0n) is 24.7. The molecule has 0 aliphatic carbocycles. The Kier molecular flexibility index (Phi) is 11.8. The van der Waals surface area contributed by atoms with Crippen LogP contribution in [-0.4, -0.2) is 94.3 Å². The smallest absolute Gasteiger partial charge is 0.308 e. The van der Waals surface area contributed by atoms with Crippen molar-refractivity contribution in [2.24, 2.45) is 17.8 Å². The van der Waals surface area contributed by atoms with E-state index in [1.165, 1.54) is 0 Å². The highest BCUT2D eigenvalue weighted by molar-refractivity contribution is 5.94. The SMILES string of the molecule is CC(=C[C@H](C(C)C)N(C)C(=O)[C@@H](NC(=O)[C@H]1CCCCN1C(C)C)C(C)C)C(=O)N1CCCC(C(=O)O)C1. The third kappa shape index (κ3) is 8.04. The van der Waals surface area contributed by atoms with Gasteiger partial charge in [0.15, 0.2) is 0 Å². The summed E-state index contributed by atoms with van der Waals surface area (Å²) in [5.41, 5.74) is 0.495. The van der Waals surface area contributed by atoms with Crippen LogP contribution in [-0.2, 0) is 19.2 Å². The van der Waals surface area contributed by atoms with Crippen molar-refractivity contribution < 1.29 is 24.3 Å². The Morgan fingerprint density at radius 1 is 0.947 bits per heavy atom. The standard InChI is InChI=1S/C29H50N4O5/c1-18(2)24(16-21(7)27(35)32-14-11-12-22(17-32)29(37)38)31(8)28(36)25(19(3)4)30-26(34)23-13-9-10-15-33(23)20(5)6/h16,18-20,22-25H,9-15,17H2,1-8H3,(H,30,34)(H,37,38)/t22?,23-,24-,25+/m1/s1. The Balaban J connectivity index is 2.19. The van der Waals surface area contributed by atoms with Gasteiger partial charge in [-0.2, -0.15) is 0 Å². The van der Waals surface area contributed by atoms with Gasteiger partial charge in [0.2, 0.25) is 17.7 Å². The van der Waals surface area contributed by atoms with Crippen LogP contribution in [0.15, 0.2) is 11.6 Å². The highest BCUT2D eigenvalue weighted by atomic mass is 16.4. The van der Waals surface area contributed by atoms with Gasteiger partial charge >= 0.3 is 5.97 Å². The molecule has 2 aliphatic rings. The molecule has 2 rings (SSSR count). The second-order valence-corrected chi connectivity index (χ2v) is 12.0. The van der Waals surface area contributed by atoms with Crippen LogP contribution in [0.4, 0.5) is 0 Å². The third-order valence-corrected chi connectivity index (χ3v) is 8.03. The summed E-state index contributed by atoms with van der Waals surface area (Å²) in [6.07, 6.45) is 5.91. The monoisotopic (exact) mass is 534 g/mol. The summed E-state index contributed by atoms with van der Waals surface area (Å²) in [7, 11) is 1.73. The Morgan fingerprint density at radius 3 is 2.16 bits per heavy atom. The normalized spacial score (nSPS) is 22.9. The topological polar surface area (TPSA) is 110 Å². The van der Waals surface area contributed by atoms with Crippen LogP contribution >= 0.6 is 0 Å². The van der Waals surface area contributed by atoms with Crippen molar-refractivity contribution in [1.82, 2.24) is 20.0 Å². The molecule has 9 heteroatoms. The molecule has 2 heterocycles. The lowest BCUT2D eigenvalue weighted by atomic mass is 9.95. The molecular formula is C29H50N4O5. The largest absolute Gasteiger partial charge is 0.481 e. The molecule has 2 N–H and O–H groups in total. The van der Waals surface area contributed by atoms with Crippen molar-refractivity contribution >= 4 is 23.7 Å². The van der Waals surface area contributed by atoms with Crippen LogP contribution in [0.2, 0.25) is 0 Å². The molecule has 0 aromatic rings. The second-order valence-electron chi connectivity index (χ2n) is 12.0. The zero-order chi connectivity index (χ0) is 28.7. The lowest BCUT2D eigenvalue weighted by Crippen LogP contribution is -2.58. The van der Waals surface area contributed by atoms with Gasteiger partial charge in [-0.3, -0.25) is 24.1 Å². The maximum absolute atomic E-state index is 13.7. The summed E-state index contributed by atoms with van der Waals surface area (Å²) < 4.78 is 0. The Hall–Kier alpha value is -2.42. The Bertz CT molecular complexity index is 884. The summed E-state index contributed by atoms with van der Waals surface area (Å²) in [5.74, 6) is -1.97. The minimum absolute atomic E-state index is 0.0260. The number of likely N-dealkylation sites (N-methyl/N-ethyl adjacent to an activating group) is 1. The molecule has 0 saturated carbocycles. The van der Waals surface area contributed by atoms with Gasteiger partial charge in [0.25, 0.3) is 0 Å². The van der Waals surface area contributed by atoms with Crippen LogP contribution in [0.5, 0.6) is 0 Å². The molecule has 0 spiro atoms. The third-order valence-electron chi connectivity index (χ3n) is 8.03. The molecule has 2 fully saturated rings. The number of hydrogen-bond acceptors (Lipinski definition) is 5. The molecule has 2 saturated heterocycles. The van der Waals surface area contributed by atoms with E-state index < -0.39 is 17.9 Å². The van der Waals surface area contributed by atoms with E-state index in [1.807, 2.05) is 33.8 Å². The highest BCUT2D eigenvalue weighted by Gasteiger charge is 2.36. The van der Waals surface area contributed by atoms with Crippen molar-refractivity contribution in [3.05, 3.63) is 11.6 Å². The number of aliphatic carboxylic acids is 1. The quantitative estimate of drug-likeness (QED) is 0.417. The summed E-state index contributed by atoms with van der Waals surface area (Å²) in [4.78, 5) is 57.2. The first-order valence-corrected chi connectivity index (χ1v) is 14.3. The number of carboxylic acids is 1. The number of nitrogens with one attached hydrogen (secondary N) is 1. The molecule has 9 nitrogen and oxygen atoms in total. The van der Waals surface area contributed by atoms with Crippen molar-refractivity contribution in [2.45, 2.75) is 105 Å². The highest BCUT2D eigenvalue weighted by Crippen LogP contribution is 2.23. The summed E-state index contributed by atoms with van der Waals surface area (Å²) in [6.45, 7) is 15.4. The molecular weight excluding hydrogens is 484 g/mol. The van der Waals surface area contributed by atoms with E-state index in [9.17, 15) is 24.3 Å². The van der Waals surface area contributed by atoms with Crippen LogP contribution in [0.25, 0.3) is 0 Å². The first-order chi connectivity index (χ1) is 17.8. The van der Waals surface area contributed by atoms with Crippen molar-refractivity contribution in [2.75, 3.05) is 26.7 Å². The molecule has 0 bridgehead atoms. The molecule has 3 amide bonds. The van der Waals surface area contributed by atoms with Crippen molar-refractivity contribution in [1.29, 1.82) is 0 Å². The van der Waals surface area contributed by atoms with Crippen LogP contribution < -0.4 is 5.32 Å². The van der Waals surface area contributed by atoms with Gasteiger partial charge in [-0.25, -0.2) is 0 Å². The van der Waals surface area contributed by atoms with Gasteiger partial charge in [0.05, 0.1) is 18.0 Å².